The van der Waals surface area contributed by atoms with E-state index in [2.05, 4.69) is 10.3 Å². The lowest BCUT2D eigenvalue weighted by molar-refractivity contribution is -0.153. The van der Waals surface area contributed by atoms with E-state index in [0.29, 0.717) is 16.7 Å². The number of esters is 1. The first-order valence-electron chi connectivity index (χ1n) is 9.59. The van der Waals surface area contributed by atoms with E-state index in [1.807, 2.05) is 0 Å². The molecule has 1 amide bonds. The van der Waals surface area contributed by atoms with Crippen LogP contribution in [0.4, 0.5) is 0 Å². The van der Waals surface area contributed by atoms with Crippen LogP contribution in [0.2, 0.25) is 0 Å². The Balaban J connectivity index is 1.78. The molecule has 0 bridgehead atoms. The Morgan fingerprint density at radius 2 is 2.16 bits per heavy atom. The molecule has 10 heteroatoms. The number of carbonyl (C=O) groups is 2. The molecule has 9 nitrogen and oxygen atoms in total. The van der Waals surface area contributed by atoms with E-state index in [1.54, 1.807) is 50.7 Å². The van der Waals surface area contributed by atoms with Gasteiger partial charge in [0.25, 0.3) is 11.5 Å². The predicted octanol–water partition coefficient (Wildman–Crippen LogP) is 2.22. The number of benzene rings is 1. The van der Waals surface area contributed by atoms with Crippen LogP contribution < -0.4 is 15.6 Å². The Labute approximate surface area is 181 Å². The average molecular weight is 443 g/mol. The summed E-state index contributed by atoms with van der Waals surface area (Å²) in [6.45, 7) is 4.86. The summed E-state index contributed by atoms with van der Waals surface area (Å²) in [5.74, 6) is -1.54. The molecule has 3 aromatic rings. The van der Waals surface area contributed by atoms with Crippen molar-refractivity contribution in [1.82, 2.24) is 14.9 Å². The number of hydrogen-bond acceptors (Lipinski definition) is 8. The summed E-state index contributed by atoms with van der Waals surface area (Å²) in [7, 11) is 0. The number of rotatable bonds is 4. The molecule has 162 valence electrons. The Hall–Kier alpha value is -3.40. The van der Waals surface area contributed by atoms with Gasteiger partial charge in [0.2, 0.25) is 0 Å². The van der Waals surface area contributed by atoms with Crippen LogP contribution in [0.1, 0.15) is 42.0 Å². The van der Waals surface area contributed by atoms with Gasteiger partial charge in [0.15, 0.2) is 0 Å². The maximum Gasteiger partial charge on any atom is 0.325 e. The van der Waals surface area contributed by atoms with Crippen LogP contribution in [0.5, 0.6) is 11.5 Å². The number of thiazole rings is 1. The molecule has 1 unspecified atom stereocenters. The molecule has 2 aromatic heterocycles. The number of nitrogens with one attached hydrogen (secondary N) is 1. The molecule has 2 N–H and O–H groups in total. The van der Waals surface area contributed by atoms with Gasteiger partial charge in [-0.05, 0) is 32.9 Å². The largest absolute Gasteiger partial charge is 0.506 e. The molecule has 1 atom stereocenters. The van der Waals surface area contributed by atoms with Gasteiger partial charge in [-0.25, -0.2) is 0 Å². The third-order valence-electron chi connectivity index (χ3n) is 4.69. The van der Waals surface area contributed by atoms with E-state index >= 15 is 0 Å². The molecule has 0 saturated carbocycles. The Bertz CT molecular complexity index is 1230. The number of aromatic hydroxyl groups is 1. The molecule has 0 radical (unpaired) electrons. The van der Waals surface area contributed by atoms with Gasteiger partial charge in [-0.1, -0.05) is 6.07 Å². The molecule has 0 aliphatic carbocycles. The van der Waals surface area contributed by atoms with Gasteiger partial charge in [-0.2, -0.15) is 0 Å². The topological polar surface area (TPSA) is 120 Å². The van der Waals surface area contributed by atoms with Crippen LogP contribution in [0.25, 0.3) is 10.9 Å². The number of ether oxygens (including phenoxy) is 2. The van der Waals surface area contributed by atoms with Gasteiger partial charge in [-0.3, -0.25) is 23.9 Å². The highest BCUT2D eigenvalue weighted by Gasteiger charge is 2.32. The maximum absolute atomic E-state index is 13.4. The minimum absolute atomic E-state index is 0.179. The highest BCUT2D eigenvalue weighted by Crippen LogP contribution is 2.38. The van der Waals surface area contributed by atoms with Crippen LogP contribution in [-0.4, -0.2) is 45.3 Å². The lowest BCUT2D eigenvalue weighted by atomic mass is 10.1. The quantitative estimate of drug-likeness (QED) is 0.593. The van der Waals surface area contributed by atoms with E-state index in [9.17, 15) is 19.5 Å². The van der Waals surface area contributed by atoms with Crippen molar-refractivity contribution in [1.29, 1.82) is 0 Å². The Morgan fingerprint density at radius 1 is 1.39 bits per heavy atom. The van der Waals surface area contributed by atoms with Crippen molar-refractivity contribution in [2.45, 2.75) is 32.4 Å². The van der Waals surface area contributed by atoms with Crippen LogP contribution in [-0.2, 0) is 9.53 Å². The summed E-state index contributed by atoms with van der Waals surface area (Å²) in [6, 6.07) is 4.47. The van der Waals surface area contributed by atoms with E-state index in [4.69, 9.17) is 9.47 Å². The smallest absolute Gasteiger partial charge is 0.325 e. The summed E-state index contributed by atoms with van der Waals surface area (Å²) in [5, 5.41) is 13.5. The summed E-state index contributed by atoms with van der Waals surface area (Å²) in [4.78, 5) is 43.0. The van der Waals surface area contributed by atoms with Gasteiger partial charge < -0.3 is 19.9 Å². The van der Waals surface area contributed by atoms with Crippen LogP contribution in [0, 0.1) is 0 Å². The number of para-hydroxylation sites is 1. The molecule has 31 heavy (non-hydrogen) atoms. The Morgan fingerprint density at radius 3 is 2.84 bits per heavy atom. The highest BCUT2D eigenvalue weighted by molar-refractivity contribution is 7.09. The molecule has 1 aliphatic heterocycles. The molecule has 0 fully saturated rings. The molecular weight excluding hydrogens is 422 g/mol. The number of aromatic nitrogens is 2. The first-order chi connectivity index (χ1) is 14.7. The third kappa shape index (κ3) is 3.86. The van der Waals surface area contributed by atoms with Crippen molar-refractivity contribution in [3.63, 3.8) is 0 Å². The molecule has 3 heterocycles. The number of pyridine rings is 1. The van der Waals surface area contributed by atoms with Gasteiger partial charge in [0.05, 0.1) is 15.9 Å². The van der Waals surface area contributed by atoms with E-state index in [-0.39, 0.29) is 6.61 Å². The summed E-state index contributed by atoms with van der Waals surface area (Å²) in [5.41, 5.74) is 0.214. The SMILES string of the molecule is CC(C)(C)OC(=O)CNC(=O)c1c(O)c2cccc3c2n(c1=O)C(c1cncs1)CO3. The molecule has 0 saturated heterocycles. The number of amides is 1. The zero-order valence-corrected chi connectivity index (χ0v) is 18.0. The van der Waals surface area contributed by atoms with E-state index in [0.717, 1.165) is 4.88 Å². The zero-order chi connectivity index (χ0) is 22.3. The van der Waals surface area contributed by atoms with Crippen molar-refractivity contribution in [2.24, 2.45) is 0 Å². The summed E-state index contributed by atoms with van der Waals surface area (Å²) < 4.78 is 12.4. The highest BCUT2D eigenvalue weighted by atomic mass is 32.1. The normalized spacial score (nSPS) is 15.4. The van der Waals surface area contributed by atoms with Gasteiger partial charge in [0.1, 0.15) is 41.9 Å². The minimum Gasteiger partial charge on any atom is -0.506 e. The van der Waals surface area contributed by atoms with Crippen molar-refractivity contribution in [3.05, 3.63) is 50.7 Å². The standard InChI is InChI=1S/C21H21N3O6S/c1-21(2,3)30-15(25)8-23-19(27)16-18(26)11-5-4-6-13-17(11)24(20(16)28)12(9-29-13)14-7-22-10-31-14/h4-7,10,12,26H,8-9H2,1-3H3,(H,23,27). The first kappa shape index (κ1) is 20.9. The van der Waals surface area contributed by atoms with E-state index in [1.165, 1.54) is 15.9 Å². The number of nitrogens with zero attached hydrogens (tertiary/aromatic N) is 2. The van der Waals surface area contributed by atoms with Crippen LogP contribution in [0.15, 0.2) is 34.7 Å². The van der Waals surface area contributed by atoms with Gasteiger partial charge in [-0.15, -0.1) is 11.3 Å². The predicted molar refractivity (Wildman–Crippen MR) is 114 cm³/mol. The van der Waals surface area contributed by atoms with E-state index < -0.39 is 46.9 Å². The molecular formula is C21H21N3O6S. The van der Waals surface area contributed by atoms with Gasteiger partial charge >= 0.3 is 5.97 Å². The van der Waals surface area contributed by atoms with Crippen LogP contribution >= 0.6 is 11.3 Å². The third-order valence-corrected chi connectivity index (χ3v) is 5.57. The fourth-order valence-electron chi connectivity index (χ4n) is 3.50. The van der Waals surface area contributed by atoms with Crippen molar-refractivity contribution >= 4 is 34.1 Å². The minimum atomic E-state index is -0.862. The second-order valence-corrected chi connectivity index (χ2v) is 8.97. The van der Waals surface area contributed by atoms with Crippen molar-refractivity contribution in [2.75, 3.05) is 13.2 Å². The van der Waals surface area contributed by atoms with Crippen LogP contribution in [0.3, 0.4) is 0 Å². The number of carbonyl (C=O) groups excluding carboxylic acids is 2. The summed E-state index contributed by atoms with van der Waals surface area (Å²) >= 11 is 1.36. The zero-order valence-electron chi connectivity index (χ0n) is 17.2. The lowest BCUT2D eigenvalue weighted by Crippen LogP contribution is -2.40. The van der Waals surface area contributed by atoms with Crippen molar-refractivity contribution < 1.29 is 24.2 Å². The van der Waals surface area contributed by atoms with Gasteiger partial charge in [0, 0.05) is 11.6 Å². The summed E-state index contributed by atoms with van der Waals surface area (Å²) in [6.07, 6.45) is 1.64. The molecule has 1 aromatic carbocycles. The molecule has 4 rings (SSSR count). The fraction of sp³-hybridized carbons (Fsp3) is 0.333. The first-order valence-corrected chi connectivity index (χ1v) is 10.5. The lowest BCUT2D eigenvalue weighted by Gasteiger charge is -2.28. The monoisotopic (exact) mass is 443 g/mol. The Kier molecular flexibility index (Phi) is 5.18. The second-order valence-electron chi connectivity index (χ2n) is 8.05. The fourth-order valence-corrected chi connectivity index (χ4v) is 4.20. The second kappa shape index (κ2) is 7.69. The van der Waals surface area contributed by atoms with Crippen molar-refractivity contribution in [3.8, 4) is 11.5 Å². The molecule has 0 spiro atoms. The average Bonchev–Trinajstić information content (AvgIpc) is 3.23. The molecule has 1 aliphatic rings. The maximum atomic E-state index is 13.4. The number of hydrogen-bond donors (Lipinski definition) is 2.